The predicted molar refractivity (Wildman–Crippen MR) is 142 cm³/mol. The van der Waals surface area contributed by atoms with E-state index in [-0.39, 0.29) is 18.6 Å². The summed E-state index contributed by atoms with van der Waals surface area (Å²) in [6.07, 6.45) is 7.46. The number of rotatable bonds is 10. The van der Waals surface area contributed by atoms with E-state index in [4.69, 9.17) is 4.74 Å². The monoisotopic (exact) mass is 504 g/mol. The molecule has 196 valence electrons. The van der Waals surface area contributed by atoms with Gasteiger partial charge in [-0.1, -0.05) is 43.7 Å². The first-order chi connectivity index (χ1) is 18.1. The summed E-state index contributed by atoms with van der Waals surface area (Å²) in [5, 5.41) is 3.30. The molecule has 0 bridgehead atoms. The maximum atomic E-state index is 12.0. The van der Waals surface area contributed by atoms with Gasteiger partial charge in [0.15, 0.2) is 0 Å². The van der Waals surface area contributed by atoms with Crippen molar-refractivity contribution in [3.63, 3.8) is 0 Å². The third-order valence-electron chi connectivity index (χ3n) is 7.54. The van der Waals surface area contributed by atoms with Gasteiger partial charge in [0.25, 0.3) is 0 Å². The van der Waals surface area contributed by atoms with Crippen LogP contribution in [0.1, 0.15) is 48.9 Å². The van der Waals surface area contributed by atoms with E-state index in [0.717, 1.165) is 44.1 Å². The largest absolute Gasteiger partial charge is 0.444 e. The fraction of sp³-hybridized carbons (Fsp3) is 0.500. The molecule has 1 saturated carbocycles. The van der Waals surface area contributed by atoms with Crippen LogP contribution in [0, 0.1) is 5.92 Å². The molecule has 9 heteroatoms. The number of hydrogen-bond donors (Lipinski definition) is 1. The highest BCUT2D eigenvalue weighted by molar-refractivity contribution is 5.89. The van der Waals surface area contributed by atoms with Crippen LogP contribution in [-0.2, 0) is 22.6 Å². The summed E-state index contributed by atoms with van der Waals surface area (Å²) in [5.41, 5.74) is 3.42. The Labute approximate surface area is 218 Å². The number of ether oxygens (including phenoxy) is 1. The van der Waals surface area contributed by atoms with E-state index in [1.165, 1.54) is 41.4 Å². The van der Waals surface area contributed by atoms with Crippen molar-refractivity contribution in [1.29, 1.82) is 0 Å². The van der Waals surface area contributed by atoms with E-state index in [2.05, 4.69) is 51.0 Å². The van der Waals surface area contributed by atoms with Gasteiger partial charge in [0.1, 0.15) is 12.4 Å². The number of amides is 2. The number of fused-ring (bicyclic) bond motifs is 1. The van der Waals surface area contributed by atoms with Gasteiger partial charge in [0.2, 0.25) is 11.9 Å². The topological polar surface area (TPSA) is 90.9 Å². The van der Waals surface area contributed by atoms with Crippen molar-refractivity contribution in [3.05, 3.63) is 59.8 Å². The average molecular weight is 505 g/mol. The molecule has 1 aromatic heterocycles. The van der Waals surface area contributed by atoms with Gasteiger partial charge in [-0.3, -0.25) is 14.6 Å². The molecule has 2 aromatic rings. The fourth-order valence-electron chi connectivity index (χ4n) is 5.17. The molecule has 2 aliphatic heterocycles. The number of benzene rings is 1. The van der Waals surface area contributed by atoms with E-state index >= 15 is 0 Å². The van der Waals surface area contributed by atoms with E-state index in [1.54, 1.807) is 6.20 Å². The van der Waals surface area contributed by atoms with Gasteiger partial charge in [-0.25, -0.2) is 9.78 Å². The Morgan fingerprint density at radius 3 is 2.65 bits per heavy atom. The second kappa shape index (κ2) is 11.3. The Bertz CT molecular complexity index is 1130. The minimum atomic E-state index is -0.369. The van der Waals surface area contributed by atoms with Gasteiger partial charge in [-0.2, -0.15) is 4.98 Å². The Balaban J connectivity index is 1.18. The van der Waals surface area contributed by atoms with Crippen molar-refractivity contribution in [2.45, 2.75) is 45.3 Å². The number of carbonyl (C=O) groups is 2. The molecule has 37 heavy (non-hydrogen) atoms. The Morgan fingerprint density at radius 1 is 1.22 bits per heavy atom. The number of nitrogens with one attached hydrogen (secondary N) is 1. The second-order valence-corrected chi connectivity index (χ2v) is 10.0. The molecule has 5 rings (SSSR count). The smallest absolute Gasteiger partial charge is 0.415 e. The summed E-state index contributed by atoms with van der Waals surface area (Å²) in [6, 6.07) is 9.37. The lowest BCUT2D eigenvalue weighted by Crippen LogP contribution is -2.49. The molecule has 2 amide bonds. The summed E-state index contributed by atoms with van der Waals surface area (Å²) >= 11 is 0. The minimum Gasteiger partial charge on any atom is -0.444 e. The zero-order chi connectivity index (χ0) is 25.8. The molecule has 1 aromatic carbocycles. The summed E-state index contributed by atoms with van der Waals surface area (Å²) < 4.78 is 5.16. The van der Waals surface area contributed by atoms with Crippen molar-refractivity contribution >= 4 is 23.8 Å². The van der Waals surface area contributed by atoms with Crippen molar-refractivity contribution in [1.82, 2.24) is 19.8 Å². The van der Waals surface area contributed by atoms with Crippen molar-refractivity contribution in [2.24, 2.45) is 5.92 Å². The number of anilines is 2. The highest BCUT2D eigenvalue weighted by atomic mass is 16.6. The van der Waals surface area contributed by atoms with E-state index < -0.39 is 0 Å². The zero-order valence-electron chi connectivity index (χ0n) is 21.6. The van der Waals surface area contributed by atoms with E-state index in [9.17, 15) is 9.59 Å². The molecule has 9 nitrogen and oxygen atoms in total. The highest BCUT2D eigenvalue weighted by Crippen LogP contribution is 2.40. The second-order valence-electron chi connectivity index (χ2n) is 10.0. The first-order valence-electron chi connectivity index (χ1n) is 13.3. The Kier molecular flexibility index (Phi) is 7.69. The van der Waals surface area contributed by atoms with Crippen molar-refractivity contribution in [3.8, 4) is 0 Å². The Hall–Kier alpha value is -3.46. The van der Waals surface area contributed by atoms with E-state index in [0.29, 0.717) is 30.9 Å². The third kappa shape index (κ3) is 5.93. The van der Waals surface area contributed by atoms with Crippen LogP contribution < -0.4 is 10.2 Å². The van der Waals surface area contributed by atoms with Gasteiger partial charge < -0.3 is 15.0 Å². The maximum Gasteiger partial charge on any atom is 0.415 e. The molecule has 3 aliphatic rings. The maximum absolute atomic E-state index is 12.0. The van der Waals surface area contributed by atoms with Crippen LogP contribution in [0.15, 0.2) is 43.1 Å². The average Bonchev–Trinajstić information content (AvgIpc) is 3.76. The summed E-state index contributed by atoms with van der Waals surface area (Å²) in [6.45, 7) is 10.2. The number of hydrogen-bond acceptors (Lipinski definition) is 7. The first kappa shape index (κ1) is 25.2. The lowest BCUT2D eigenvalue weighted by molar-refractivity contribution is -0.128. The van der Waals surface area contributed by atoms with Crippen LogP contribution in [0.5, 0.6) is 0 Å². The van der Waals surface area contributed by atoms with E-state index in [1.807, 2.05) is 11.8 Å². The molecule has 2 fully saturated rings. The van der Waals surface area contributed by atoms with Crippen LogP contribution in [0.25, 0.3) is 0 Å². The SMILES string of the molecule is C=CC(=O)N1CCN([C@@H](CC2CC2)c2ccc(CCNc3ncc4c(n3)N(CC)C(=O)OC4)cc2)CC1. The number of nitrogens with zero attached hydrogens (tertiary/aromatic N) is 5. The number of aromatic nitrogens is 2. The molecular weight excluding hydrogens is 468 g/mol. The Morgan fingerprint density at radius 2 is 1.97 bits per heavy atom. The van der Waals surface area contributed by atoms with Crippen LogP contribution in [-0.4, -0.2) is 71.0 Å². The molecule has 1 atom stereocenters. The molecule has 0 spiro atoms. The first-order valence-corrected chi connectivity index (χ1v) is 13.3. The molecule has 1 N–H and O–H groups in total. The molecule has 0 radical (unpaired) electrons. The van der Waals surface area contributed by atoms with Crippen LogP contribution in [0.4, 0.5) is 16.6 Å². The van der Waals surface area contributed by atoms with Gasteiger partial charge in [0, 0.05) is 51.5 Å². The molecule has 0 unspecified atom stereocenters. The predicted octanol–water partition coefficient (Wildman–Crippen LogP) is 3.78. The standard InChI is InChI=1S/C28H36N6O3/c1-3-25(35)33-15-13-32(14-16-33)24(17-21-5-6-21)22-9-7-20(8-10-22)11-12-29-27-30-18-23-19-37-28(36)34(4-2)26(23)31-27/h3,7-10,18,21,24H,1,4-6,11-17,19H2,2H3,(H,29,30,31)/t24-/m0/s1. The van der Waals surface area contributed by atoms with Gasteiger partial charge in [0.05, 0.1) is 5.56 Å². The van der Waals surface area contributed by atoms with Crippen LogP contribution in [0.2, 0.25) is 0 Å². The third-order valence-corrected chi connectivity index (χ3v) is 7.54. The number of piperazine rings is 1. The number of carbonyl (C=O) groups excluding carboxylic acids is 2. The lowest BCUT2D eigenvalue weighted by Gasteiger charge is -2.39. The van der Waals surface area contributed by atoms with Crippen LogP contribution in [0.3, 0.4) is 0 Å². The van der Waals surface area contributed by atoms with Gasteiger partial charge in [-0.15, -0.1) is 0 Å². The zero-order valence-corrected chi connectivity index (χ0v) is 21.6. The van der Waals surface area contributed by atoms with Crippen molar-refractivity contribution in [2.75, 3.05) is 49.5 Å². The lowest BCUT2D eigenvalue weighted by atomic mass is 9.97. The molecular formula is C28H36N6O3. The summed E-state index contributed by atoms with van der Waals surface area (Å²) in [7, 11) is 0. The fourth-order valence-corrected chi connectivity index (χ4v) is 5.17. The minimum absolute atomic E-state index is 0.0299. The molecule has 3 heterocycles. The number of cyclic esters (lactones) is 1. The van der Waals surface area contributed by atoms with Gasteiger partial charge in [-0.05, 0) is 42.9 Å². The van der Waals surface area contributed by atoms with Gasteiger partial charge >= 0.3 is 6.09 Å². The highest BCUT2D eigenvalue weighted by Gasteiger charge is 2.32. The van der Waals surface area contributed by atoms with Crippen LogP contribution >= 0.6 is 0 Å². The molecule has 1 saturated heterocycles. The summed E-state index contributed by atoms with van der Waals surface area (Å²) in [4.78, 5) is 38.9. The molecule has 1 aliphatic carbocycles. The quantitative estimate of drug-likeness (QED) is 0.493. The summed E-state index contributed by atoms with van der Waals surface area (Å²) in [5.74, 6) is 1.99. The normalized spacial score (nSPS) is 18.7. The van der Waals surface area contributed by atoms with Crippen molar-refractivity contribution < 1.29 is 14.3 Å².